The van der Waals surface area contributed by atoms with E-state index in [0.717, 1.165) is 22.9 Å². The highest BCUT2D eigenvalue weighted by atomic mass is 16.5. The fourth-order valence-electron chi connectivity index (χ4n) is 1.65. The number of hydrogen-bond acceptors (Lipinski definition) is 2. The molecular weight excluding hydrogens is 204 g/mol. The van der Waals surface area contributed by atoms with E-state index in [9.17, 15) is 0 Å². The topological polar surface area (TPSA) is 50.0 Å². The van der Waals surface area contributed by atoms with Crippen molar-refractivity contribution in [3.05, 3.63) is 24.5 Å². The Morgan fingerprint density at radius 3 is 1.69 bits per heavy atom. The van der Waals surface area contributed by atoms with E-state index in [2.05, 4.69) is 9.97 Å². The Balaban J connectivity index is 2.34. The average molecular weight is 220 g/mol. The van der Waals surface area contributed by atoms with E-state index >= 15 is 0 Å². The first-order valence-electron chi connectivity index (χ1n) is 5.47. The van der Waals surface area contributed by atoms with E-state index < -0.39 is 0 Å². The van der Waals surface area contributed by atoms with Crippen LogP contribution in [-0.4, -0.2) is 23.2 Å². The molecule has 0 aliphatic carbocycles. The number of nitrogens with one attached hydrogen (secondary N) is 2. The molecule has 0 spiro atoms. The maximum Gasteiger partial charge on any atom is 0.146 e. The van der Waals surface area contributed by atoms with Gasteiger partial charge in [0.05, 0.1) is 13.2 Å². The first-order chi connectivity index (χ1) is 7.86. The quantitative estimate of drug-likeness (QED) is 0.814. The zero-order valence-corrected chi connectivity index (χ0v) is 9.54. The molecule has 0 aliphatic heterocycles. The van der Waals surface area contributed by atoms with Gasteiger partial charge in [0, 0.05) is 12.4 Å². The molecule has 0 amide bonds. The summed E-state index contributed by atoms with van der Waals surface area (Å²) in [6.07, 6.45) is 3.72. The maximum atomic E-state index is 5.53. The van der Waals surface area contributed by atoms with Gasteiger partial charge in [-0.25, -0.2) is 0 Å². The standard InChI is InChI=1S/C12H16N2O2/c1-3-15-9-5-7-13-11(9)12-10(16-4-2)6-8-14-12/h5-8,13-14H,3-4H2,1-2H3. The van der Waals surface area contributed by atoms with Crippen molar-refractivity contribution in [1.82, 2.24) is 9.97 Å². The number of ether oxygens (including phenoxy) is 2. The predicted molar refractivity (Wildman–Crippen MR) is 62.9 cm³/mol. The summed E-state index contributed by atoms with van der Waals surface area (Å²) in [6, 6.07) is 3.82. The van der Waals surface area contributed by atoms with Gasteiger partial charge in [0.2, 0.25) is 0 Å². The maximum absolute atomic E-state index is 5.53. The van der Waals surface area contributed by atoms with Crippen molar-refractivity contribution in [2.24, 2.45) is 0 Å². The summed E-state index contributed by atoms with van der Waals surface area (Å²) in [5.74, 6) is 1.68. The minimum atomic E-state index is 0.648. The number of aromatic amines is 2. The van der Waals surface area contributed by atoms with Crippen molar-refractivity contribution in [2.75, 3.05) is 13.2 Å². The van der Waals surface area contributed by atoms with Crippen molar-refractivity contribution in [3.8, 4) is 22.9 Å². The van der Waals surface area contributed by atoms with Crippen LogP contribution in [0.5, 0.6) is 11.5 Å². The van der Waals surface area contributed by atoms with Crippen LogP contribution in [0.2, 0.25) is 0 Å². The highest BCUT2D eigenvalue weighted by molar-refractivity contribution is 5.69. The zero-order valence-electron chi connectivity index (χ0n) is 9.54. The van der Waals surface area contributed by atoms with Gasteiger partial charge in [0.1, 0.15) is 22.9 Å². The van der Waals surface area contributed by atoms with Crippen LogP contribution in [-0.2, 0) is 0 Å². The van der Waals surface area contributed by atoms with Gasteiger partial charge in [0.15, 0.2) is 0 Å². The van der Waals surface area contributed by atoms with Crippen LogP contribution in [0.3, 0.4) is 0 Å². The summed E-state index contributed by atoms with van der Waals surface area (Å²) in [5, 5.41) is 0. The van der Waals surface area contributed by atoms with Crippen LogP contribution in [0.4, 0.5) is 0 Å². The van der Waals surface area contributed by atoms with Crippen molar-refractivity contribution in [1.29, 1.82) is 0 Å². The van der Waals surface area contributed by atoms with Crippen molar-refractivity contribution < 1.29 is 9.47 Å². The van der Waals surface area contributed by atoms with Crippen molar-refractivity contribution >= 4 is 0 Å². The summed E-state index contributed by atoms with van der Waals surface area (Å²) in [7, 11) is 0. The van der Waals surface area contributed by atoms with Crippen LogP contribution >= 0.6 is 0 Å². The molecule has 0 fully saturated rings. The van der Waals surface area contributed by atoms with E-state index in [-0.39, 0.29) is 0 Å². The molecule has 4 nitrogen and oxygen atoms in total. The lowest BCUT2D eigenvalue weighted by molar-refractivity contribution is 0.337. The van der Waals surface area contributed by atoms with Gasteiger partial charge in [-0.1, -0.05) is 0 Å². The lowest BCUT2D eigenvalue weighted by Crippen LogP contribution is -1.95. The second-order valence-electron chi connectivity index (χ2n) is 3.30. The number of aromatic nitrogens is 2. The molecule has 0 aliphatic rings. The van der Waals surface area contributed by atoms with Gasteiger partial charge in [-0.3, -0.25) is 0 Å². The lowest BCUT2D eigenvalue weighted by Gasteiger charge is -2.06. The van der Waals surface area contributed by atoms with Crippen LogP contribution in [0.15, 0.2) is 24.5 Å². The van der Waals surface area contributed by atoms with Crippen LogP contribution in [0.25, 0.3) is 11.4 Å². The minimum absolute atomic E-state index is 0.648. The Kier molecular flexibility index (Phi) is 3.19. The van der Waals surface area contributed by atoms with E-state index in [1.54, 1.807) is 0 Å². The molecule has 0 unspecified atom stereocenters. The minimum Gasteiger partial charge on any atom is -0.492 e. The third-order valence-corrected chi connectivity index (χ3v) is 2.27. The number of H-pyrrole nitrogens is 2. The smallest absolute Gasteiger partial charge is 0.146 e. The van der Waals surface area contributed by atoms with Crippen molar-refractivity contribution in [3.63, 3.8) is 0 Å². The van der Waals surface area contributed by atoms with Gasteiger partial charge in [-0.2, -0.15) is 0 Å². The van der Waals surface area contributed by atoms with E-state index in [4.69, 9.17) is 9.47 Å². The molecule has 2 rings (SSSR count). The highest BCUT2D eigenvalue weighted by Crippen LogP contribution is 2.34. The van der Waals surface area contributed by atoms with Crippen LogP contribution in [0, 0.1) is 0 Å². The molecule has 2 N–H and O–H groups in total. The lowest BCUT2D eigenvalue weighted by atomic mass is 10.3. The predicted octanol–water partition coefficient (Wildman–Crippen LogP) is 2.81. The summed E-state index contributed by atoms with van der Waals surface area (Å²) in [4.78, 5) is 6.31. The number of rotatable bonds is 5. The molecule has 2 heterocycles. The second-order valence-corrected chi connectivity index (χ2v) is 3.30. The molecular formula is C12H16N2O2. The largest absolute Gasteiger partial charge is 0.492 e. The third-order valence-electron chi connectivity index (χ3n) is 2.27. The molecule has 0 bridgehead atoms. The first-order valence-corrected chi connectivity index (χ1v) is 5.47. The Labute approximate surface area is 94.6 Å². The van der Waals surface area contributed by atoms with Gasteiger partial charge in [-0.15, -0.1) is 0 Å². The molecule has 0 saturated heterocycles. The van der Waals surface area contributed by atoms with E-state index in [0.29, 0.717) is 13.2 Å². The Morgan fingerprint density at radius 2 is 1.31 bits per heavy atom. The van der Waals surface area contributed by atoms with Gasteiger partial charge >= 0.3 is 0 Å². The Bertz CT molecular complexity index is 403. The molecule has 4 heteroatoms. The van der Waals surface area contributed by atoms with Crippen LogP contribution < -0.4 is 9.47 Å². The van der Waals surface area contributed by atoms with E-state index in [1.807, 2.05) is 38.4 Å². The molecule has 16 heavy (non-hydrogen) atoms. The molecule has 86 valence electrons. The third kappa shape index (κ3) is 1.91. The Hall–Kier alpha value is -1.84. The molecule has 0 atom stereocenters. The second kappa shape index (κ2) is 4.79. The fraction of sp³-hybridized carbons (Fsp3) is 0.333. The fourth-order valence-corrected chi connectivity index (χ4v) is 1.65. The molecule has 2 aromatic rings. The van der Waals surface area contributed by atoms with Gasteiger partial charge < -0.3 is 19.4 Å². The Morgan fingerprint density at radius 1 is 0.875 bits per heavy atom. The molecule has 0 aromatic carbocycles. The van der Waals surface area contributed by atoms with E-state index in [1.165, 1.54) is 0 Å². The molecule has 0 radical (unpaired) electrons. The molecule has 0 saturated carbocycles. The highest BCUT2D eigenvalue weighted by Gasteiger charge is 2.13. The molecule has 2 aromatic heterocycles. The van der Waals surface area contributed by atoms with Crippen LogP contribution in [0.1, 0.15) is 13.8 Å². The first kappa shape index (κ1) is 10.7. The average Bonchev–Trinajstić information content (AvgIpc) is 2.87. The summed E-state index contributed by atoms with van der Waals surface area (Å²) >= 11 is 0. The van der Waals surface area contributed by atoms with Gasteiger partial charge in [0.25, 0.3) is 0 Å². The monoisotopic (exact) mass is 220 g/mol. The number of hydrogen-bond donors (Lipinski definition) is 2. The van der Waals surface area contributed by atoms with Gasteiger partial charge in [-0.05, 0) is 26.0 Å². The zero-order chi connectivity index (χ0) is 11.4. The van der Waals surface area contributed by atoms with Crippen molar-refractivity contribution in [2.45, 2.75) is 13.8 Å². The summed E-state index contributed by atoms with van der Waals surface area (Å²) < 4.78 is 11.1. The summed E-state index contributed by atoms with van der Waals surface area (Å²) in [5.41, 5.74) is 1.85. The normalized spacial score (nSPS) is 10.4. The summed E-state index contributed by atoms with van der Waals surface area (Å²) in [6.45, 7) is 5.23. The SMILES string of the molecule is CCOc1cc[nH]c1-c1[nH]ccc1OCC.